The predicted octanol–water partition coefficient (Wildman–Crippen LogP) is 3.56. The van der Waals surface area contributed by atoms with Crippen LogP contribution in [0.4, 0.5) is 11.4 Å². The third-order valence-corrected chi connectivity index (χ3v) is 3.61. The number of hydrogen-bond acceptors (Lipinski definition) is 4. The largest absolute Gasteiger partial charge is 0.490 e. The Hall–Kier alpha value is -2.86. The number of amides is 2. The number of para-hydroxylation sites is 1. The van der Waals surface area contributed by atoms with Crippen LogP contribution in [0.1, 0.15) is 24.2 Å². The molecule has 0 atom stereocenters. The van der Waals surface area contributed by atoms with Crippen LogP contribution in [0.5, 0.6) is 5.75 Å². The summed E-state index contributed by atoms with van der Waals surface area (Å²) in [4.78, 5) is 24.2. The smallest absolute Gasteiger partial charge is 0.259 e. The van der Waals surface area contributed by atoms with Crippen LogP contribution in [-0.4, -0.2) is 32.1 Å². The minimum absolute atomic E-state index is 0.0519. The van der Waals surface area contributed by atoms with Crippen LogP contribution >= 0.6 is 0 Å². The van der Waals surface area contributed by atoms with E-state index in [1.165, 1.54) is 0 Å². The molecule has 0 radical (unpaired) electrons. The maximum absolute atomic E-state index is 12.5. The summed E-state index contributed by atoms with van der Waals surface area (Å²) in [6.45, 7) is 4.47. The molecule has 2 aromatic rings. The second kappa shape index (κ2) is 9.58. The fourth-order valence-electron chi connectivity index (χ4n) is 2.14. The number of methoxy groups -OCH3 is 1. The molecule has 0 bridgehead atoms. The highest BCUT2D eigenvalue weighted by Gasteiger charge is 2.13. The molecule has 0 aliphatic heterocycles. The fraction of sp³-hybridized carbons (Fsp3) is 0.300. The highest BCUT2D eigenvalue weighted by molar-refractivity contribution is 6.06. The molecule has 0 heterocycles. The van der Waals surface area contributed by atoms with E-state index in [9.17, 15) is 9.59 Å². The molecule has 0 aliphatic carbocycles. The second-order valence-corrected chi connectivity index (χ2v) is 6.01. The molecule has 2 rings (SSSR count). The van der Waals surface area contributed by atoms with E-state index in [0.717, 1.165) is 0 Å². The average Bonchev–Trinajstić information content (AvgIpc) is 2.63. The van der Waals surface area contributed by atoms with Gasteiger partial charge in [0.15, 0.2) is 0 Å². The van der Waals surface area contributed by atoms with E-state index in [-0.39, 0.29) is 17.7 Å². The van der Waals surface area contributed by atoms with Gasteiger partial charge in [-0.15, -0.1) is 0 Å². The van der Waals surface area contributed by atoms with Gasteiger partial charge in [-0.25, -0.2) is 0 Å². The van der Waals surface area contributed by atoms with Gasteiger partial charge in [0.05, 0.1) is 12.2 Å². The summed E-state index contributed by atoms with van der Waals surface area (Å²) in [5, 5.41) is 5.64. The first-order valence-corrected chi connectivity index (χ1v) is 8.44. The van der Waals surface area contributed by atoms with E-state index < -0.39 is 0 Å². The molecule has 138 valence electrons. The number of benzene rings is 2. The summed E-state index contributed by atoms with van der Waals surface area (Å²) >= 11 is 0. The van der Waals surface area contributed by atoms with Crippen molar-refractivity contribution in [3.8, 4) is 5.75 Å². The Bertz CT molecular complexity index is 742. The lowest BCUT2D eigenvalue weighted by molar-refractivity contribution is -0.118. The summed E-state index contributed by atoms with van der Waals surface area (Å²) in [7, 11) is 1.59. The van der Waals surface area contributed by atoms with Crippen molar-refractivity contribution >= 4 is 23.2 Å². The van der Waals surface area contributed by atoms with Gasteiger partial charge in [-0.1, -0.05) is 26.0 Å². The van der Waals surface area contributed by atoms with Gasteiger partial charge in [-0.05, 0) is 36.4 Å². The number of rotatable bonds is 8. The molecule has 26 heavy (non-hydrogen) atoms. The van der Waals surface area contributed by atoms with Crippen molar-refractivity contribution in [3.05, 3.63) is 54.1 Å². The lowest BCUT2D eigenvalue weighted by Gasteiger charge is -2.12. The van der Waals surface area contributed by atoms with Crippen LogP contribution < -0.4 is 15.4 Å². The quantitative estimate of drug-likeness (QED) is 0.709. The Kier molecular flexibility index (Phi) is 7.17. The molecule has 0 aliphatic rings. The van der Waals surface area contributed by atoms with Crippen molar-refractivity contribution in [2.24, 2.45) is 5.92 Å². The van der Waals surface area contributed by atoms with Gasteiger partial charge in [0.25, 0.3) is 5.91 Å². The monoisotopic (exact) mass is 356 g/mol. The molecule has 0 fully saturated rings. The van der Waals surface area contributed by atoms with Crippen LogP contribution in [0.2, 0.25) is 0 Å². The zero-order valence-corrected chi connectivity index (χ0v) is 15.2. The molecular weight excluding hydrogens is 332 g/mol. The second-order valence-electron chi connectivity index (χ2n) is 6.01. The van der Waals surface area contributed by atoms with E-state index in [0.29, 0.717) is 35.9 Å². The zero-order valence-electron chi connectivity index (χ0n) is 15.2. The van der Waals surface area contributed by atoms with Gasteiger partial charge >= 0.3 is 0 Å². The first-order chi connectivity index (χ1) is 12.5. The molecule has 2 N–H and O–H groups in total. The van der Waals surface area contributed by atoms with E-state index in [1.807, 2.05) is 19.9 Å². The van der Waals surface area contributed by atoms with Crippen molar-refractivity contribution in [3.63, 3.8) is 0 Å². The van der Waals surface area contributed by atoms with Crippen LogP contribution in [0.3, 0.4) is 0 Å². The first-order valence-electron chi connectivity index (χ1n) is 8.44. The summed E-state index contributed by atoms with van der Waals surface area (Å²) in [6.07, 6.45) is 0. The van der Waals surface area contributed by atoms with Crippen LogP contribution in [-0.2, 0) is 9.53 Å². The van der Waals surface area contributed by atoms with Gasteiger partial charge < -0.3 is 20.1 Å². The number of hydrogen-bond donors (Lipinski definition) is 2. The lowest BCUT2D eigenvalue weighted by Crippen LogP contribution is -2.18. The maximum Gasteiger partial charge on any atom is 0.259 e. The lowest BCUT2D eigenvalue weighted by atomic mass is 10.1. The summed E-state index contributed by atoms with van der Waals surface area (Å²) in [5.41, 5.74) is 1.76. The van der Waals surface area contributed by atoms with E-state index in [4.69, 9.17) is 9.47 Å². The normalized spacial score (nSPS) is 10.5. The zero-order chi connectivity index (χ0) is 18.9. The van der Waals surface area contributed by atoms with Gasteiger partial charge in [0, 0.05) is 24.4 Å². The minimum atomic E-state index is -0.267. The fourth-order valence-corrected chi connectivity index (χ4v) is 2.14. The summed E-state index contributed by atoms with van der Waals surface area (Å²) in [6, 6.07) is 14.0. The molecule has 2 amide bonds. The molecule has 6 heteroatoms. The Balaban J connectivity index is 2.02. The Labute approximate surface area is 153 Å². The SMILES string of the molecule is COCCOc1ccccc1C(=O)Nc1ccc(NC(=O)C(C)C)cc1. The van der Waals surface area contributed by atoms with Gasteiger partial charge in [0.2, 0.25) is 5.91 Å². The van der Waals surface area contributed by atoms with Crippen LogP contribution in [0, 0.1) is 5.92 Å². The molecule has 0 saturated carbocycles. The van der Waals surface area contributed by atoms with Crippen molar-refractivity contribution < 1.29 is 19.1 Å². The number of carbonyl (C=O) groups is 2. The van der Waals surface area contributed by atoms with Crippen molar-refractivity contribution in [1.82, 2.24) is 0 Å². The third kappa shape index (κ3) is 5.60. The average molecular weight is 356 g/mol. The molecule has 0 spiro atoms. The first kappa shape index (κ1) is 19.5. The molecule has 0 unspecified atom stereocenters. The van der Waals surface area contributed by atoms with E-state index in [2.05, 4.69) is 10.6 Å². The maximum atomic E-state index is 12.5. The van der Waals surface area contributed by atoms with Crippen molar-refractivity contribution in [2.75, 3.05) is 31.0 Å². The number of carbonyl (C=O) groups excluding carboxylic acids is 2. The number of ether oxygens (including phenoxy) is 2. The van der Waals surface area contributed by atoms with Gasteiger partial charge in [-0.2, -0.15) is 0 Å². The van der Waals surface area contributed by atoms with Crippen molar-refractivity contribution in [1.29, 1.82) is 0 Å². The molecule has 0 aromatic heterocycles. The van der Waals surface area contributed by atoms with Gasteiger partial charge in [0.1, 0.15) is 12.4 Å². The standard InChI is InChI=1S/C20H24N2O4/c1-14(2)19(23)21-15-8-10-16(11-9-15)22-20(24)17-6-4-5-7-18(17)26-13-12-25-3/h4-11,14H,12-13H2,1-3H3,(H,21,23)(H,22,24). The number of anilines is 2. The van der Waals surface area contributed by atoms with Crippen LogP contribution in [0.25, 0.3) is 0 Å². The Morgan fingerprint density at radius 1 is 0.923 bits per heavy atom. The summed E-state index contributed by atoms with van der Waals surface area (Å²) in [5.74, 6) is 0.0905. The predicted molar refractivity (Wildman–Crippen MR) is 102 cm³/mol. The van der Waals surface area contributed by atoms with Crippen LogP contribution in [0.15, 0.2) is 48.5 Å². The molecular formula is C20H24N2O4. The third-order valence-electron chi connectivity index (χ3n) is 3.61. The minimum Gasteiger partial charge on any atom is -0.490 e. The summed E-state index contributed by atoms with van der Waals surface area (Å²) < 4.78 is 10.5. The highest BCUT2D eigenvalue weighted by Crippen LogP contribution is 2.21. The van der Waals surface area contributed by atoms with E-state index in [1.54, 1.807) is 49.6 Å². The Morgan fingerprint density at radius 3 is 2.15 bits per heavy atom. The molecule has 2 aromatic carbocycles. The van der Waals surface area contributed by atoms with E-state index >= 15 is 0 Å². The number of nitrogens with one attached hydrogen (secondary N) is 2. The van der Waals surface area contributed by atoms with Gasteiger partial charge in [-0.3, -0.25) is 9.59 Å². The highest BCUT2D eigenvalue weighted by atomic mass is 16.5. The topological polar surface area (TPSA) is 76.7 Å². The van der Waals surface area contributed by atoms with Crippen molar-refractivity contribution in [2.45, 2.75) is 13.8 Å². The molecule has 0 saturated heterocycles. The Morgan fingerprint density at radius 2 is 1.54 bits per heavy atom. The molecule has 6 nitrogen and oxygen atoms in total.